The zero-order chi connectivity index (χ0) is 14.3. The summed E-state index contributed by atoms with van der Waals surface area (Å²) in [6.07, 6.45) is 5.59. The Hall–Kier alpha value is -2.74. The van der Waals surface area contributed by atoms with Gasteiger partial charge in [-0.2, -0.15) is 5.26 Å². The summed E-state index contributed by atoms with van der Waals surface area (Å²) in [4.78, 5) is 13.2. The standard InChI is InChI=1S/C15H13N5/c1-9-6-17-14(19-11(9)3)13-4-12(5-16)15-18-10(2)7-20(15)8-13/h4,6-8H,1-3H3. The molecule has 3 rings (SSSR count). The van der Waals surface area contributed by atoms with E-state index in [1.54, 1.807) is 12.3 Å². The zero-order valence-corrected chi connectivity index (χ0v) is 11.5. The van der Waals surface area contributed by atoms with Gasteiger partial charge in [0.2, 0.25) is 0 Å². The number of pyridine rings is 1. The molecule has 0 unspecified atom stereocenters. The number of aromatic nitrogens is 4. The molecular formula is C15H13N5. The lowest BCUT2D eigenvalue weighted by atomic mass is 10.2. The number of imidazole rings is 1. The van der Waals surface area contributed by atoms with Crippen LogP contribution in [0.4, 0.5) is 0 Å². The van der Waals surface area contributed by atoms with Crippen molar-refractivity contribution in [3.8, 4) is 17.5 Å². The Morgan fingerprint density at radius 1 is 1.15 bits per heavy atom. The molecule has 5 heteroatoms. The molecule has 0 radical (unpaired) electrons. The van der Waals surface area contributed by atoms with E-state index in [-0.39, 0.29) is 0 Å². The topological polar surface area (TPSA) is 66.9 Å². The van der Waals surface area contributed by atoms with Gasteiger partial charge in [-0.3, -0.25) is 0 Å². The summed E-state index contributed by atoms with van der Waals surface area (Å²) in [5.74, 6) is 0.623. The number of hydrogen-bond donors (Lipinski definition) is 0. The Morgan fingerprint density at radius 2 is 1.95 bits per heavy atom. The third kappa shape index (κ3) is 1.91. The third-order valence-corrected chi connectivity index (χ3v) is 3.28. The van der Waals surface area contributed by atoms with Gasteiger partial charge in [0.15, 0.2) is 11.5 Å². The summed E-state index contributed by atoms with van der Waals surface area (Å²) in [5, 5.41) is 9.27. The Labute approximate surface area is 116 Å². The van der Waals surface area contributed by atoms with E-state index >= 15 is 0 Å². The molecule has 0 saturated carbocycles. The molecule has 0 N–H and O–H groups in total. The van der Waals surface area contributed by atoms with Crippen molar-refractivity contribution in [1.82, 2.24) is 19.4 Å². The first-order chi connectivity index (χ1) is 9.58. The van der Waals surface area contributed by atoms with E-state index in [0.29, 0.717) is 17.0 Å². The van der Waals surface area contributed by atoms with Crippen LogP contribution in [0.5, 0.6) is 0 Å². The van der Waals surface area contributed by atoms with Crippen molar-refractivity contribution in [3.63, 3.8) is 0 Å². The normalized spacial score (nSPS) is 10.7. The van der Waals surface area contributed by atoms with Gasteiger partial charge in [-0.1, -0.05) is 0 Å². The molecule has 0 aliphatic heterocycles. The van der Waals surface area contributed by atoms with Gasteiger partial charge < -0.3 is 4.40 Å². The molecule has 3 heterocycles. The van der Waals surface area contributed by atoms with Crippen molar-refractivity contribution in [2.75, 3.05) is 0 Å². The molecule has 3 aromatic rings. The van der Waals surface area contributed by atoms with Gasteiger partial charge in [-0.15, -0.1) is 0 Å². The van der Waals surface area contributed by atoms with Crippen LogP contribution in [-0.4, -0.2) is 19.4 Å². The average Bonchev–Trinajstić information content (AvgIpc) is 2.80. The minimum absolute atomic E-state index is 0.525. The minimum atomic E-state index is 0.525. The molecule has 0 aliphatic rings. The minimum Gasteiger partial charge on any atom is -0.305 e. The summed E-state index contributed by atoms with van der Waals surface area (Å²) in [5.41, 5.74) is 4.87. The molecule has 20 heavy (non-hydrogen) atoms. The SMILES string of the molecule is Cc1cn2cc(-c3ncc(C)c(C)n3)cc(C#N)c2n1. The molecule has 0 spiro atoms. The summed E-state index contributed by atoms with van der Waals surface area (Å²) in [7, 11) is 0. The predicted molar refractivity (Wildman–Crippen MR) is 75.1 cm³/mol. The largest absolute Gasteiger partial charge is 0.305 e. The lowest BCUT2D eigenvalue weighted by Crippen LogP contribution is -1.97. The molecule has 3 aromatic heterocycles. The third-order valence-electron chi connectivity index (χ3n) is 3.28. The monoisotopic (exact) mass is 263 g/mol. The maximum absolute atomic E-state index is 9.27. The number of aryl methyl sites for hydroxylation is 3. The molecular weight excluding hydrogens is 250 g/mol. The molecule has 98 valence electrons. The summed E-state index contributed by atoms with van der Waals surface area (Å²) >= 11 is 0. The molecule has 0 amide bonds. The van der Waals surface area contributed by atoms with Crippen LogP contribution >= 0.6 is 0 Å². The first-order valence-corrected chi connectivity index (χ1v) is 6.28. The van der Waals surface area contributed by atoms with E-state index < -0.39 is 0 Å². The van der Waals surface area contributed by atoms with Crippen molar-refractivity contribution in [1.29, 1.82) is 5.26 Å². The van der Waals surface area contributed by atoms with Gasteiger partial charge >= 0.3 is 0 Å². The Balaban J connectivity index is 2.26. The van der Waals surface area contributed by atoms with Crippen LogP contribution in [0.15, 0.2) is 24.7 Å². The second kappa shape index (κ2) is 4.42. The first-order valence-electron chi connectivity index (χ1n) is 6.28. The number of fused-ring (bicyclic) bond motifs is 1. The summed E-state index contributed by atoms with van der Waals surface area (Å²) in [6.45, 7) is 5.83. The Kier molecular flexibility index (Phi) is 2.72. The van der Waals surface area contributed by atoms with Crippen LogP contribution in [0.1, 0.15) is 22.5 Å². The summed E-state index contributed by atoms with van der Waals surface area (Å²) in [6, 6.07) is 3.96. The molecule has 0 aliphatic carbocycles. The Bertz CT molecular complexity index is 855. The Morgan fingerprint density at radius 3 is 2.65 bits per heavy atom. The van der Waals surface area contributed by atoms with E-state index in [2.05, 4.69) is 21.0 Å². The number of rotatable bonds is 1. The highest BCUT2D eigenvalue weighted by atomic mass is 15.0. The fraction of sp³-hybridized carbons (Fsp3) is 0.200. The van der Waals surface area contributed by atoms with Gasteiger partial charge in [0.25, 0.3) is 0 Å². The maximum Gasteiger partial charge on any atom is 0.160 e. The summed E-state index contributed by atoms with van der Waals surface area (Å²) < 4.78 is 1.85. The lowest BCUT2D eigenvalue weighted by molar-refractivity contribution is 1.06. The van der Waals surface area contributed by atoms with Gasteiger partial charge in [0, 0.05) is 29.8 Å². The van der Waals surface area contributed by atoms with Gasteiger partial charge in [0.05, 0.1) is 11.3 Å². The van der Waals surface area contributed by atoms with Crippen LogP contribution in [0.2, 0.25) is 0 Å². The van der Waals surface area contributed by atoms with E-state index in [0.717, 1.165) is 22.5 Å². The van der Waals surface area contributed by atoms with Gasteiger partial charge in [0.1, 0.15) is 6.07 Å². The van der Waals surface area contributed by atoms with E-state index in [1.165, 1.54) is 0 Å². The molecule has 0 aromatic carbocycles. The van der Waals surface area contributed by atoms with E-state index in [9.17, 15) is 5.26 Å². The highest BCUT2D eigenvalue weighted by Crippen LogP contribution is 2.20. The van der Waals surface area contributed by atoms with Crippen molar-refractivity contribution < 1.29 is 0 Å². The first kappa shape index (κ1) is 12.3. The van der Waals surface area contributed by atoms with Crippen LogP contribution in [0.25, 0.3) is 17.0 Å². The van der Waals surface area contributed by atoms with Gasteiger partial charge in [-0.25, -0.2) is 15.0 Å². The van der Waals surface area contributed by atoms with Crippen molar-refractivity contribution in [2.45, 2.75) is 20.8 Å². The maximum atomic E-state index is 9.27. The van der Waals surface area contributed by atoms with E-state index in [4.69, 9.17) is 0 Å². The fourth-order valence-corrected chi connectivity index (χ4v) is 2.09. The second-order valence-electron chi connectivity index (χ2n) is 4.83. The average molecular weight is 263 g/mol. The molecule has 0 saturated heterocycles. The van der Waals surface area contributed by atoms with Crippen molar-refractivity contribution >= 4 is 5.65 Å². The van der Waals surface area contributed by atoms with Crippen LogP contribution in [0.3, 0.4) is 0 Å². The highest BCUT2D eigenvalue weighted by Gasteiger charge is 2.10. The number of hydrogen-bond acceptors (Lipinski definition) is 4. The fourth-order valence-electron chi connectivity index (χ4n) is 2.09. The smallest absolute Gasteiger partial charge is 0.160 e. The van der Waals surface area contributed by atoms with Gasteiger partial charge in [-0.05, 0) is 32.4 Å². The van der Waals surface area contributed by atoms with Crippen molar-refractivity contribution in [3.05, 3.63) is 47.2 Å². The van der Waals surface area contributed by atoms with Crippen molar-refractivity contribution in [2.24, 2.45) is 0 Å². The molecule has 5 nitrogen and oxygen atoms in total. The lowest BCUT2D eigenvalue weighted by Gasteiger charge is -2.05. The molecule has 0 atom stereocenters. The number of nitrogens with zero attached hydrogens (tertiary/aromatic N) is 5. The predicted octanol–water partition coefficient (Wildman–Crippen LogP) is 2.59. The quantitative estimate of drug-likeness (QED) is 0.676. The van der Waals surface area contributed by atoms with Crippen LogP contribution < -0.4 is 0 Å². The molecule has 0 fully saturated rings. The van der Waals surface area contributed by atoms with Crippen LogP contribution in [-0.2, 0) is 0 Å². The number of nitriles is 1. The van der Waals surface area contributed by atoms with E-state index in [1.807, 2.05) is 37.6 Å². The molecule has 0 bridgehead atoms. The zero-order valence-electron chi connectivity index (χ0n) is 11.5. The highest BCUT2D eigenvalue weighted by molar-refractivity contribution is 5.65. The second-order valence-corrected chi connectivity index (χ2v) is 4.83. The van der Waals surface area contributed by atoms with Crippen LogP contribution in [0, 0.1) is 32.1 Å².